The van der Waals surface area contributed by atoms with Gasteiger partial charge in [0, 0.05) is 21.8 Å². The van der Waals surface area contributed by atoms with Crippen molar-refractivity contribution < 1.29 is 14.6 Å². The Morgan fingerprint density at radius 1 is 0.969 bits per heavy atom. The molecular formula is C26H21NO3S2. The average Bonchev–Trinajstić information content (AvgIpc) is 3.26. The number of ether oxygens (including phenoxy) is 1. The molecule has 0 unspecified atom stereocenters. The number of nitrogens with zero attached hydrogens (tertiary/aromatic N) is 1. The lowest BCUT2D eigenvalue weighted by Crippen LogP contribution is -2.12. The molecule has 0 fully saturated rings. The molecule has 0 aliphatic heterocycles. The average molecular weight is 460 g/mol. The number of benzene rings is 3. The van der Waals surface area contributed by atoms with Gasteiger partial charge in [-0.25, -0.2) is 9.78 Å². The first kappa shape index (κ1) is 20.8. The Bertz CT molecular complexity index is 1250. The summed E-state index contributed by atoms with van der Waals surface area (Å²) < 4.78 is 6.57. The molecule has 1 aliphatic rings. The molecule has 32 heavy (non-hydrogen) atoms. The highest BCUT2D eigenvalue weighted by Gasteiger charge is 2.23. The second-order valence-corrected chi connectivity index (χ2v) is 9.87. The number of aryl methyl sites for hydroxylation is 1. The molecule has 1 aromatic heterocycles. The van der Waals surface area contributed by atoms with Gasteiger partial charge < -0.3 is 9.84 Å². The molecule has 0 amide bonds. The van der Waals surface area contributed by atoms with E-state index in [1.807, 2.05) is 18.2 Å². The van der Waals surface area contributed by atoms with Crippen LogP contribution in [0.5, 0.6) is 5.75 Å². The zero-order valence-corrected chi connectivity index (χ0v) is 18.9. The monoisotopic (exact) mass is 459 g/mol. The fourth-order valence-electron chi connectivity index (χ4n) is 3.90. The van der Waals surface area contributed by atoms with E-state index in [0.29, 0.717) is 5.75 Å². The number of carboxylic acid groups (broad SMARTS) is 1. The van der Waals surface area contributed by atoms with E-state index in [0.717, 1.165) is 39.8 Å². The highest BCUT2D eigenvalue weighted by atomic mass is 32.2. The molecule has 1 aliphatic carbocycles. The van der Waals surface area contributed by atoms with Gasteiger partial charge in [-0.1, -0.05) is 78.5 Å². The van der Waals surface area contributed by atoms with E-state index in [1.165, 1.54) is 21.6 Å². The maximum absolute atomic E-state index is 10.9. The molecule has 160 valence electrons. The number of thiazole rings is 1. The lowest BCUT2D eigenvalue weighted by atomic mass is 9.93. The third-order valence-electron chi connectivity index (χ3n) is 5.44. The van der Waals surface area contributed by atoms with Crippen molar-refractivity contribution in [2.45, 2.75) is 22.9 Å². The number of carboxylic acids is 1. The SMILES string of the molecule is O=C(O)COc1cccc2c1CCc1sc(SCc3ccc(-c4ccccc4)cc3)nc1-2. The minimum atomic E-state index is -0.969. The second kappa shape index (κ2) is 9.18. The normalized spacial score (nSPS) is 12.1. The van der Waals surface area contributed by atoms with Gasteiger partial charge in [-0.15, -0.1) is 11.3 Å². The summed E-state index contributed by atoms with van der Waals surface area (Å²) in [5.41, 5.74) is 6.85. The van der Waals surface area contributed by atoms with E-state index >= 15 is 0 Å². The molecule has 6 heteroatoms. The first-order chi connectivity index (χ1) is 15.7. The van der Waals surface area contributed by atoms with Crippen LogP contribution in [0.3, 0.4) is 0 Å². The van der Waals surface area contributed by atoms with E-state index < -0.39 is 5.97 Å². The number of carbonyl (C=O) groups is 1. The molecule has 0 spiro atoms. The van der Waals surface area contributed by atoms with Gasteiger partial charge in [-0.05, 0) is 35.6 Å². The fraction of sp³-hybridized carbons (Fsp3) is 0.154. The number of rotatable bonds is 7. The van der Waals surface area contributed by atoms with Gasteiger partial charge >= 0.3 is 5.97 Å². The number of thioether (sulfide) groups is 1. The Labute approximate surface area is 194 Å². The van der Waals surface area contributed by atoms with E-state index in [4.69, 9.17) is 14.8 Å². The molecule has 4 aromatic rings. The molecule has 0 saturated heterocycles. The summed E-state index contributed by atoms with van der Waals surface area (Å²) in [7, 11) is 0. The van der Waals surface area contributed by atoms with Gasteiger partial charge in [-0.2, -0.15) is 0 Å². The van der Waals surface area contributed by atoms with Crippen LogP contribution in [0, 0.1) is 0 Å². The van der Waals surface area contributed by atoms with Crippen LogP contribution in [-0.2, 0) is 23.4 Å². The lowest BCUT2D eigenvalue weighted by Gasteiger charge is -2.18. The van der Waals surface area contributed by atoms with Crippen molar-refractivity contribution in [2.75, 3.05) is 6.61 Å². The van der Waals surface area contributed by atoms with Gasteiger partial charge in [0.05, 0.1) is 5.69 Å². The zero-order chi connectivity index (χ0) is 21.9. The maximum atomic E-state index is 10.9. The standard InChI is InChI=1S/C26H21NO3S2/c28-24(29)15-30-22-8-4-7-21-20(22)13-14-23-25(21)27-26(32-23)31-16-17-9-11-19(12-10-17)18-5-2-1-3-6-18/h1-12H,13-16H2,(H,28,29). The summed E-state index contributed by atoms with van der Waals surface area (Å²) in [5, 5.41) is 8.93. The second-order valence-electron chi connectivity index (χ2n) is 7.57. The van der Waals surface area contributed by atoms with Gasteiger partial charge in [0.2, 0.25) is 0 Å². The Balaban J connectivity index is 1.30. The third-order valence-corrected chi connectivity index (χ3v) is 7.77. The fourth-order valence-corrected chi connectivity index (χ4v) is 6.06. The topological polar surface area (TPSA) is 59.4 Å². The summed E-state index contributed by atoms with van der Waals surface area (Å²) >= 11 is 3.52. The number of fused-ring (bicyclic) bond motifs is 3. The highest BCUT2D eigenvalue weighted by molar-refractivity contribution is 8.00. The maximum Gasteiger partial charge on any atom is 0.341 e. The first-order valence-electron chi connectivity index (χ1n) is 10.4. The van der Waals surface area contributed by atoms with Crippen molar-refractivity contribution in [3.05, 3.63) is 88.8 Å². The minimum Gasteiger partial charge on any atom is -0.482 e. The first-order valence-corrected chi connectivity index (χ1v) is 12.2. The van der Waals surface area contributed by atoms with Crippen LogP contribution in [0.4, 0.5) is 0 Å². The summed E-state index contributed by atoms with van der Waals surface area (Å²) in [6, 6.07) is 24.9. The molecular weight excluding hydrogens is 438 g/mol. The number of aromatic nitrogens is 1. The summed E-state index contributed by atoms with van der Waals surface area (Å²) in [6.45, 7) is -0.329. The van der Waals surface area contributed by atoms with Crippen LogP contribution in [0.25, 0.3) is 22.4 Å². The zero-order valence-electron chi connectivity index (χ0n) is 17.3. The van der Waals surface area contributed by atoms with Gasteiger partial charge in [-0.3, -0.25) is 0 Å². The summed E-state index contributed by atoms with van der Waals surface area (Å²) in [4.78, 5) is 17.1. The quantitative estimate of drug-likeness (QED) is 0.327. The molecule has 0 saturated carbocycles. The molecule has 1 N–H and O–H groups in total. The van der Waals surface area contributed by atoms with E-state index in [2.05, 4.69) is 54.6 Å². The van der Waals surface area contributed by atoms with E-state index in [-0.39, 0.29) is 6.61 Å². The molecule has 0 bridgehead atoms. The largest absolute Gasteiger partial charge is 0.482 e. The number of hydrogen-bond donors (Lipinski definition) is 1. The Kier molecular flexibility index (Phi) is 5.97. The van der Waals surface area contributed by atoms with Crippen molar-refractivity contribution in [3.8, 4) is 28.1 Å². The molecule has 5 rings (SSSR count). The van der Waals surface area contributed by atoms with E-state index in [1.54, 1.807) is 23.1 Å². The number of aliphatic carboxylic acids is 1. The van der Waals surface area contributed by atoms with Crippen LogP contribution in [-0.4, -0.2) is 22.7 Å². The van der Waals surface area contributed by atoms with Crippen molar-refractivity contribution in [1.82, 2.24) is 4.98 Å². The van der Waals surface area contributed by atoms with Crippen LogP contribution in [0.15, 0.2) is 77.1 Å². The van der Waals surface area contributed by atoms with Gasteiger partial charge in [0.15, 0.2) is 10.9 Å². The van der Waals surface area contributed by atoms with Crippen molar-refractivity contribution in [2.24, 2.45) is 0 Å². The lowest BCUT2D eigenvalue weighted by molar-refractivity contribution is -0.139. The van der Waals surface area contributed by atoms with Crippen molar-refractivity contribution in [1.29, 1.82) is 0 Å². The Morgan fingerprint density at radius 3 is 2.53 bits per heavy atom. The molecule has 1 heterocycles. The molecule has 0 radical (unpaired) electrons. The molecule has 4 nitrogen and oxygen atoms in total. The highest BCUT2D eigenvalue weighted by Crippen LogP contribution is 2.42. The predicted molar refractivity (Wildman–Crippen MR) is 130 cm³/mol. The van der Waals surface area contributed by atoms with E-state index in [9.17, 15) is 4.79 Å². The van der Waals surface area contributed by atoms with Crippen LogP contribution in [0.1, 0.15) is 16.0 Å². The van der Waals surface area contributed by atoms with Gasteiger partial charge in [0.25, 0.3) is 0 Å². The van der Waals surface area contributed by atoms with Gasteiger partial charge in [0.1, 0.15) is 5.75 Å². The van der Waals surface area contributed by atoms with Crippen LogP contribution < -0.4 is 4.74 Å². The predicted octanol–water partition coefficient (Wildman–Crippen LogP) is 6.33. The van der Waals surface area contributed by atoms with Crippen LogP contribution in [0.2, 0.25) is 0 Å². The Morgan fingerprint density at radius 2 is 1.75 bits per heavy atom. The molecule has 3 aromatic carbocycles. The number of hydrogen-bond acceptors (Lipinski definition) is 5. The smallest absolute Gasteiger partial charge is 0.341 e. The van der Waals surface area contributed by atoms with Crippen molar-refractivity contribution >= 4 is 29.1 Å². The minimum absolute atomic E-state index is 0.329. The summed E-state index contributed by atoms with van der Waals surface area (Å²) in [5.74, 6) is 0.551. The molecule has 0 atom stereocenters. The Hall–Kier alpha value is -3.09. The van der Waals surface area contributed by atoms with Crippen LogP contribution >= 0.6 is 23.1 Å². The third kappa shape index (κ3) is 4.42. The van der Waals surface area contributed by atoms with Crippen molar-refractivity contribution in [3.63, 3.8) is 0 Å². The summed E-state index contributed by atoms with van der Waals surface area (Å²) in [6.07, 6.45) is 1.74.